The molecule has 1 rings (SSSR count). The van der Waals surface area contributed by atoms with Crippen molar-refractivity contribution in [2.24, 2.45) is 5.73 Å². The number of aromatic nitrogens is 2. The molecular formula is C12H21N3O8. The van der Waals surface area contributed by atoms with Crippen LogP contribution in [0.15, 0.2) is 12.5 Å². The second-order valence-electron chi connectivity index (χ2n) is 4.58. The SMILES string of the molecule is NC(Cc1cnc[nH]1)C(=O)O.O=C[C@H](O)[C@@H](O)[C@H](O)[C@H](O)CO. The Labute approximate surface area is 131 Å². The van der Waals surface area contributed by atoms with Crippen LogP contribution in [0.3, 0.4) is 0 Å². The lowest BCUT2D eigenvalue weighted by Gasteiger charge is -2.22. The Hall–Kier alpha value is -1.89. The van der Waals surface area contributed by atoms with E-state index in [-0.39, 0.29) is 12.7 Å². The molecule has 0 radical (unpaired) electrons. The molecule has 0 fully saturated rings. The average Bonchev–Trinajstić information content (AvgIpc) is 3.05. The van der Waals surface area contributed by atoms with Crippen molar-refractivity contribution >= 4 is 12.3 Å². The van der Waals surface area contributed by atoms with Gasteiger partial charge in [-0.2, -0.15) is 0 Å². The molecule has 0 saturated carbocycles. The molecule has 1 unspecified atom stereocenters. The fourth-order valence-corrected chi connectivity index (χ4v) is 1.34. The number of aromatic amines is 1. The van der Waals surface area contributed by atoms with Crippen LogP contribution in [0.5, 0.6) is 0 Å². The lowest BCUT2D eigenvalue weighted by atomic mass is 10.0. The number of rotatable bonds is 8. The number of H-pyrrole nitrogens is 1. The first-order valence-electron chi connectivity index (χ1n) is 6.48. The Kier molecular flexibility index (Phi) is 9.89. The summed E-state index contributed by atoms with van der Waals surface area (Å²) in [4.78, 5) is 26.7. The fourth-order valence-electron chi connectivity index (χ4n) is 1.34. The maximum absolute atomic E-state index is 10.3. The zero-order valence-corrected chi connectivity index (χ0v) is 12.1. The molecule has 1 aromatic heterocycles. The highest BCUT2D eigenvalue weighted by Crippen LogP contribution is 2.03. The number of carboxylic acids is 1. The molecular weight excluding hydrogens is 314 g/mol. The summed E-state index contributed by atoms with van der Waals surface area (Å²) in [6.07, 6.45) is -3.50. The van der Waals surface area contributed by atoms with Crippen LogP contribution in [0.2, 0.25) is 0 Å². The van der Waals surface area contributed by atoms with Gasteiger partial charge in [0.15, 0.2) is 6.29 Å². The van der Waals surface area contributed by atoms with Gasteiger partial charge in [-0.05, 0) is 0 Å². The lowest BCUT2D eigenvalue weighted by molar-refractivity contribution is -0.138. The van der Waals surface area contributed by atoms with Crippen molar-refractivity contribution in [2.45, 2.75) is 36.9 Å². The molecule has 9 N–H and O–H groups in total. The molecule has 0 aliphatic carbocycles. The van der Waals surface area contributed by atoms with E-state index in [4.69, 9.17) is 36.4 Å². The minimum absolute atomic E-state index is 0.0258. The minimum atomic E-state index is -1.79. The second-order valence-corrected chi connectivity index (χ2v) is 4.58. The molecule has 0 aromatic carbocycles. The molecule has 1 aromatic rings. The Bertz CT molecular complexity index is 455. The topological polar surface area (TPSA) is 210 Å². The molecule has 0 spiro atoms. The number of hydrogen-bond donors (Lipinski definition) is 8. The summed E-state index contributed by atoms with van der Waals surface area (Å²) >= 11 is 0. The minimum Gasteiger partial charge on any atom is -0.480 e. The number of carbonyl (C=O) groups is 2. The van der Waals surface area contributed by atoms with Crippen LogP contribution in [0.25, 0.3) is 0 Å². The lowest BCUT2D eigenvalue weighted by Crippen LogP contribution is -2.46. The highest BCUT2D eigenvalue weighted by atomic mass is 16.4. The summed E-state index contributed by atoms with van der Waals surface area (Å²) in [5, 5.41) is 52.0. The number of aliphatic carboxylic acids is 1. The zero-order chi connectivity index (χ0) is 18.0. The zero-order valence-electron chi connectivity index (χ0n) is 12.1. The second kappa shape index (κ2) is 10.8. The Morgan fingerprint density at radius 1 is 1.30 bits per heavy atom. The highest BCUT2D eigenvalue weighted by Gasteiger charge is 2.29. The van der Waals surface area contributed by atoms with Gasteiger partial charge in [0, 0.05) is 18.3 Å². The van der Waals surface area contributed by atoms with Gasteiger partial charge in [-0.15, -0.1) is 0 Å². The Morgan fingerprint density at radius 2 is 1.91 bits per heavy atom. The quantitative estimate of drug-likeness (QED) is 0.216. The van der Waals surface area contributed by atoms with E-state index < -0.39 is 43.0 Å². The third-order valence-corrected chi connectivity index (χ3v) is 2.73. The molecule has 132 valence electrons. The van der Waals surface area contributed by atoms with Crippen LogP contribution in [0.1, 0.15) is 5.69 Å². The monoisotopic (exact) mass is 335 g/mol. The first kappa shape index (κ1) is 21.1. The molecule has 0 aliphatic heterocycles. The number of hydrogen-bond acceptors (Lipinski definition) is 9. The number of aldehydes is 1. The van der Waals surface area contributed by atoms with E-state index in [1.807, 2.05) is 0 Å². The van der Waals surface area contributed by atoms with Gasteiger partial charge in [0.1, 0.15) is 30.5 Å². The third kappa shape index (κ3) is 7.78. The maximum Gasteiger partial charge on any atom is 0.320 e. The van der Waals surface area contributed by atoms with Gasteiger partial charge in [-0.1, -0.05) is 0 Å². The highest BCUT2D eigenvalue weighted by molar-refractivity contribution is 5.73. The molecule has 0 saturated heterocycles. The first-order chi connectivity index (χ1) is 10.7. The van der Waals surface area contributed by atoms with Crippen molar-refractivity contribution in [3.63, 3.8) is 0 Å². The predicted octanol–water partition coefficient (Wildman–Crippen LogP) is -4.01. The largest absolute Gasteiger partial charge is 0.480 e. The number of imidazole rings is 1. The van der Waals surface area contributed by atoms with E-state index in [0.717, 1.165) is 5.69 Å². The van der Waals surface area contributed by atoms with Gasteiger partial charge in [-0.25, -0.2) is 4.98 Å². The molecule has 11 heteroatoms. The van der Waals surface area contributed by atoms with Gasteiger partial charge in [-0.3, -0.25) is 4.79 Å². The van der Waals surface area contributed by atoms with Crippen LogP contribution in [-0.4, -0.2) is 89.9 Å². The molecule has 11 nitrogen and oxygen atoms in total. The standard InChI is InChI=1S/C6H9N3O2.C6H12O6/c7-5(6(10)11)1-4-2-8-3-9-4;7-1-3(9)5(11)6(12)4(10)2-8/h2-3,5H,1,7H2,(H,8,9)(H,10,11);1,3-6,8-12H,2H2/t;3-,4+,5+,6+/m.0/s1. The van der Waals surface area contributed by atoms with Crippen LogP contribution >= 0.6 is 0 Å². The molecule has 23 heavy (non-hydrogen) atoms. The van der Waals surface area contributed by atoms with Gasteiger partial charge >= 0.3 is 5.97 Å². The van der Waals surface area contributed by atoms with Crippen LogP contribution in [0.4, 0.5) is 0 Å². The number of nitrogens with one attached hydrogen (secondary N) is 1. The average molecular weight is 335 g/mol. The summed E-state index contributed by atoms with van der Waals surface area (Å²) in [6.45, 7) is -0.760. The smallest absolute Gasteiger partial charge is 0.320 e. The van der Waals surface area contributed by atoms with Gasteiger partial charge in [0.25, 0.3) is 0 Å². The molecule has 5 atom stereocenters. The van der Waals surface area contributed by atoms with E-state index in [1.165, 1.54) is 6.33 Å². The summed E-state index contributed by atoms with van der Waals surface area (Å²) in [5.74, 6) is -1.00. The van der Waals surface area contributed by atoms with Gasteiger partial charge in [0.05, 0.1) is 12.9 Å². The van der Waals surface area contributed by atoms with Crippen molar-refractivity contribution in [3.8, 4) is 0 Å². The fraction of sp³-hybridized carbons (Fsp3) is 0.583. The summed E-state index contributed by atoms with van der Waals surface area (Å²) < 4.78 is 0. The third-order valence-electron chi connectivity index (χ3n) is 2.73. The molecule has 0 bridgehead atoms. The van der Waals surface area contributed by atoms with E-state index in [1.54, 1.807) is 6.20 Å². The summed E-state index contributed by atoms with van der Waals surface area (Å²) in [7, 11) is 0. The summed E-state index contributed by atoms with van der Waals surface area (Å²) in [6, 6.07) is -0.851. The first-order valence-corrected chi connectivity index (χ1v) is 6.48. The van der Waals surface area contributed by atoms with E-state index in [0.29, 0.717) is 0 Å². The van der Waals surface area contributed by atoms with Crippen molar-refractivity contribution < 1.29 is 40.2 Å². The number of carbonyl (C=O) groups excluding carboxylic acids is 1. The summed E-state index contributed by atoms with van der Waals surface area (Å²) in [5.41, 5.74) is 6.00. The van der Waals surface area contributed by atoms with Gasteiger partial charge in [0.2, 0.25) is 0 Å². The van der Waals surface area contributed by atoms with Gasteiger partial charge < -0.3 is 46.2 Å². The van der Waals surface area contributed by atoms with Crippen LogP contribution in [0, 0.1) is 0 Å². The van der Waals surface area contributed by atoms with E-state index in [9.17, 15) is 9.59 Å². The number of nitrogens with two attached hydrogens (primary N) is 1. The number of aliphatic hydroxyl groups is 5. The Balaban J connectivity index is 0.000000422. The van der Waals surface area contributed by atoms with Crippen molar-refractivity contribution in [1.82, 2.24) is 9.97 Å². The molecule has 0 aliphatic rings. The molecule has 1 heterocycles. The van der Waals surface area contributed by atoms with Crippen molar-refractivity contribution in [3.05, 3.63) is 18.2 Å². The van der Waals surface area contributed by atoms with Crippen molar-refractivity contribution in [1.29, 1.82) is 0 Å². The van der Waals surface area contributed by atoms with Crippen molar-refractivity contribution in [2.75, 3.05) is 6.61 Å². The molecule has 0 amide bonds. The predicted molar refractivity (Wildman–Crippen MR) is 75.1 cm³/mol. The van der Waals surface area contributed by atoms with E-state index in [2.05, 4.69) is 9.97 Å². The van der Waals surface area contributed by atoms with Crippen LogP contribution < -0.4 is 5.73 Å². The maximum atomic E-state index is 10.3. The normalized spacial score (nSPS) is 17.1. The Morgan fingerprint density at radius 3 is 2.30 bits per heavy atom. The number of aliphatic hydroxyl groups excluding tert-OH is 5. The number of carboxylic acid groups (broad SMARTS) is 1. The van der Waals surface area contributed by atoms with Crippen LogP contribution in [-0.2, 0) is 16.0 Å². The van der Waals surface area contributed by atoms with E-state index >= 15 is 0 Å². The number of nitrogens with zero attached hydrogens (tertiary/aromatic N) is 1.